The lowest BCUT2D eigenvalue weighted by Gasteiger charge is -2.06. The molecule has 3 nitrogen and oxygen atoms in total. The van der Waals surface area contributed by atoms with Crippen LogP contribution in [0.3, 0.4) is 0 Å². The van der Waals surface area contributed by atoms with E-state index < -0.39 is 0 Å². The molecule has 0 amide bonds. The Morgan fingerprint density at radius 1 is 1.16 bits per heavy atom. The van der Waals surface area contributed by atoms with Crippen LogP contribution in [0.1, 0.15) is 5.56 Å². The highest BCUT2D eigenvalue weighted by molar-refractivity contribution is 5.81. The van der Waals surface area contributed by atoms with E-state index in [1.165, 1.54) is 12.1 Å². The van der Waals surface area contributed by atoms with E-state index in [-0.39, 0.29) is 11.6 Å². The van der Waals surface area contributed by atoms with E-state index in [0.29, 0.717) is 5.52 Å². The molecular weight excluding hydrogens is 243 g/mol. The Kier molecular flexibility index (Phi) is 2.52. The normalized spacial score (nSPS) is 11.1. The van der Waals surface area contributed by atoms with Gasteiger partial charge in [-0.1, -0.05) is 0 Å². The third-order valence-electron chi connectivity index (χ3n) is 3.29. The summed E-state index contributed by atoms with van der Waals surface area (Å²) in [6.45, 7) is 1.91. The van der Waals surface area contributed by atoms with Crippen LogP contribution in [0.2, 0.25) is 0 Å². The number of benzene rings is 2. The van der Waals surface area contributed by atoms with Crippen molar-refractivity contribution >= 4 is 11.0 Å². The van der Waals surface area contributed by atoms with Gasteiger partial charge in [0.15, 0.2) is 0 Å². The monoisotopic (exact) mass is 256 g/mol. The van der Waals surface area contributed by atoms with Gasteiger partial charge in [0.1, 0.15) is 17.4 Å². The van der Waals surface area contributed by atoms with Crippen molar-refractivity contribution in [1.29, 1.82) is 0 Å². The number of aryl methyl sites for hydroxylation is 2. The van der Waals surface area contributed by atoms with Crippen molar-refractivity contribution in [1.82, 2.24) is 9.55 Å². The highest BCUT2D eigenvalue weighted by Crippen LogP contribution is 2.28. The molecule has 1 aromatic heterocycles. The molecule has 3 rings (SSSR count). The number of nitrogens with zero attached hydrogens (tertiary/aromatic N) is 2. The van der Waals surface area contributed by atoms with Crippen LogP contribution in [-0.2, 0) is 7.05 Å². The van der Waals surface area contributed by atoms with Crippen LogP contribution >= 0.6 is 0 Å². The lowest BCUT2D eigenvalue weighted by molar-refractivity contribution is 0.475. The summed E-state index contributed by atoms with van der Waals surface area (Å²) in [5.74, 6) is 0.698. The van der Waals surface area contributed by atoms with E-state index in [2.05, 4.69) is 4.98 Å². The molecule has 1 heterocycles. The molecule has 0 saturated heterocycles. The van der Waals surface area contributed by atoms with E-state index in [0.717, 1.165) is 22.5 Å². The Bertz CT molecular complexity index is 777. The second-order valence-corrected chi connectivity index (χ2v) is 4.63. The Labute approximate surface area is 109 Å². The number of rotatable bonds is 1. The van der Waals surface area contributed by atoms with Crippen LogP contribution < -0.4 is 0 Å². The van der Waals surface area contributed by atoms with Crippen molar-refractivity contribution in [3.8, 4) is 17.1 Å². The molecular formula is C15H13FN2O. The molecule has 0 unspecified atom stereocenters. The maximum atomic E-state index is 13.2. The number of hydrogen-bond acceptors (Lipinski definition) is 2. The van der Waals surface area contributed by atoms with Crippen LogP contribution in [0.4, 0.5) is 4.39 Å². The van der Waals surface area contributed by atoms with Crippen LogP contribution in [0.5, 0.6) is 5.75 Å². The molecule has 0 fully saturated rings. The number of fused-ring (bicyclic) bond motifs is 1. The first-order valence-electron chi connectivity index (χ1n) is 5.98. The first-order chi connectivity index (χ1) is 9.06. The second kappa shape index (κ2) is 4.09. The van der Waals surface area contributed by atoms with Crippen molar-refractivity contribution < 1.29 is 9.50 Å². The summed E-state index contributed by atoms with van der Waals surface area (Å²) in [5, 5.41) is 9.45. The standard InChI is InChI=1S/C15H13FN2O/c1-9-7-11(19)4-5-12(9)15-17-13-8-10(16)3-6-14(13)18(15)2/h3-8,19H,1-2H3. The lowest BCUT2D eigenvalue weighted by Crippen LogP contribution is -1.94. The fourth-order valence-corrected chi connectivity index (χ4v) is 2.31. The van der Waals surface area contributed by atoms with Crippen molar-refractivity contribution in [2.24, 2.45) is 7.05 Å². The summed E-state index contributed by atoms with van der Waals surface area (Å²) in [7, 11) is 1.90. The van der Waals surface area contributed by atoms with Gasteiger partial charge in [0, 0.05) is 18.7 Å². The zero-order valence-corrected chi connectivity index (χ0v) is 10.7. The number of phenols is 1. The summed E-state index contributed by atoms with van der Waals surface area (Å²) in [5.41, 5.74) is 3.37. The van der Waals surface area contributed by atoms with Gasteiger partial charge in [-0.25, -0.2) is 9.37 Å². The Morgan fingerprint density at radius 2 is 1.95 bits per heavy atom. The van der Waals surface area contributed by atoms with E-state index in [1.54, 1.807) is 18.2 Å². The predicted molar refractivity (Wildman–Crippen MR) is 72.5 cm³/mol. The van der Waals surface area contributed by atoms with Gasteiger partial charge in [0.05, 0.1) is 11.0 Å². The van der Waals surface area contributed by atoms with Crippen molar-refractivity contribution in [3.63, 3.8) is 0 Å². The molecule has 0 saturated carbocycles. The molecule has 3 aromatic rings. The summed E-state index contributed by atoms with van der Waals surface area (Å²) >= 11 is 0. The SMILES string of the molecule is Cc1cc(O)ccc1-c1nc2cc(F)ccc2n1C. The van der Waals surface area contributed by atoms with Gasteiger partial charge in [-0.15, -0.1) is 0 Å². The van der Waals surface area contributed by atoms with E-state index >= 15 is 0 Å². The highest BCUT2D eigenvalue weighted by atomic mass is 19.1. The Morgan fingerprint density at radius 3 is 2.68 bits per heavy atom. The number of imidazole rings is 1. The largest absolute Gasteiger partial charge is 0.508 e. The Balaban J connectivity index is 2.27. The fraction of sp³-hybridized carbons (Fsp3) is 0.133. The molecule has 0 bridgehead atoms. The van der Waals surface area contributed by atoms with Crippen molar-refractivity contribution in [2.75, 3.05) is 0 Å². The summed E-state index contributed by atoms with van der Waals surface area (Å²) in [6.07, 6.45) is 0. The molecule has 0 atom stereocenters. The van der Waals surface area contributed by atoms with Gasteiger partial charge in [-0.3, -0.25) is 0 Å². The van der Waals surface area contributed by atoms with Gasteiger partial charge in [0.25, 0.3) is 0 Å². The number of halogens is 1. The van der Waals surface area contributed by atoms with Gasteiger partial charge < -0.3 is 9.67 Å². The molecule has 0 aliphatic rings. The second-order valence-electron chi connectivity index (χ2n) is 4.63. The smallest absolute Gasteiger partial charge is 0.141 e. The minimum absolute atomic E-state index is 0.228. The van der Waals surface area contributed by atoms with Gasteiger partial charge in [-0.05, 0) is 42.8 Å². The molecule has 4 heteroatoms. The molecule has 0 spiro atoms. The maximum absolute atomic E-state index is 13.2. The molecule has 96 valence electrons. The zero-order chi connectivity index (χ0) is 13.6. The van der Waals surface area contributed by atoms with Crippen molar-refractivity contribution in [2.45, 2.75) is 6.92 Å². The molecule has 19 heavy (non-hydrogen) atoms. The minimum Gasteiger partial charge on any atom is -0.508 e. The average Bonchev–Trinajstić information content (AvgIpc) is 2.66. The third kappa shape index (κ3) is 1.85. The molecule has 0 aliphatic heterocycles. The highest BCUT2D eigenvalue weighted by Gasteiger charge is 2.12. The number of phenolic OH excluding ortho intramolecular Hbond substituents is 1. The van der Waals surface area contributed by atoms with E-state index in [9.17, 15) is 9.50 Å². The summed E-state index contributed by atoms with van der Waals surface area (Å²) < 4.78 is 15.2. The van der Waals surface area contributed by atoms with E-state index in [1.807, 2.05) is 24.6 Å². The first-order valence-corrected chi connectivity index (χ1v) is 5.98. The quantitative estimate of drug-likeness (QED) is 0.724. The number of aromatic nitrogens is 2. The number of aromatic hydroxyl groups is 1. The summed E-state index contributed by atoms with van der Waals surface area (Å²) in [4.78, 5) is 4.48. The summed E-state index contributed by atoms with van der Waals surface area (Å²) in [6, 6.07) is 9.71. The first kappa shape index (κ1) is 11.7. The fourth-order valence-electron chi connectivity index (χ4n) is 2.31. The topological polar surface area (TPSA) is 38.1 Å². The lowest BCUT2D eigenvalue weighted by atomic mass is 10.1. The van der Waals surface area contributed by atoms with Crippen LogP contribution in [-0.4, -0.2) is 14.7 Å². The van der Waals surface area contributed by atoms with Gasteiger partial charge in [0.2, 0.25) is 0 Å². The minimum atomic E-state index is -0.292. The van der Waals surface area contributed by atoms with Crippen LogP contribution in [0, 0.1) is 12.7 Å². The average molecular weight is 256 g/mol. The van der Waals surface area contributed by atoms with Crippen molar-refractivity contribution in [3.05, 3.63) is 47.8 Å². The number of hydrogen-bond donors (Lipinski definition) is 1. The third-order valence-corrected chi connectivity index (χ3v) is 3.29. The van der Waals surface area contributed by atoms with E-state index in [4.69, 9.17) is 0 Å². The van der Waals surface area contributed by atoms with Gasteiger partial charge >= 0.3 is 0 Å². The molecule has 0 aliphatic carbocycles. The molecule has 2 aromatic carbocycles. The molecule has 1 N–H and O–H groups in total. The van der Waals surface area contributed by atoms with Crippen LogP contribution in [0.25, 0.3) is 22.4 Å². The van der Waals surface area contributed by atoms with Crippen LogP contribution in [0.15, 0.2) is 36.4 Å². The maximum Gasteiger partial charge on any atom is 0.141 e. The predicted octanol–water partition coefficient (Wildman–Crippen LogP) is 3.39. The molecule has 0 radical (unpaired) electrons. The van der Waals surface area contributed by atoms with Gasteiger partial charge in [-0.2, -0.15) is 0 Å². The Hall–Kier alpha value is -2.36. The zero-order valence-electron chi connectivity index (χ0n) is 10.7.